The third kappa shape index (κ3) is 8.41. The van der Waals surface area contributed by atoms with Crippen molar-refractivity contribution in [2.75, 3.05) is 17.3 Å². The summed E-state index contributed by atoms with van der Waals surface area (Å²) in [5.41, 5.74) is 0. The third-order valence-corrected chi connectivity index (χ3v) is 4.00. The van der Waals surface area contributed by atoms with Gasteiger partial charge in [-0.05, 0) is 0 Å². The minimum atomic E-state index is -0.583. The van der Waals surface area contributed by atoms with Gasteiger partial charge < -0.3 is 0 Å². The maximum Gasteiger partial charge on any atom is 0.0325 e. The van der Waals surface area contributed by atoms with Crippen LogP contribution in [-0.2, 0) is 10.8 Å². The summed E-state index contributed by atoms with van der Waals surface area (Å²) < 4.78 is 11.3. The minimum absolute atomic E-state index is 0.317. The fraction of sp³-hybridized carbons (Fsp3) is 1.00. The molecule has 0 saturated heterocycles. The van der Waals surface area contributed by atoms with E-state index in [2.05, 4.69) is 20.8 Å². The zero-order chi connectivity index (χ0) is 8.91. The summed E-state index contributed by atoms with van der Waals surface area (Å²) in [4.78, 5) is 0. The lowest BCUT2D eigenvalue weighted by Gasteiger charge is -2.16. The highest BCUT2D eigenvalue weighted by molar-refractivity contribution is 8.01. The van der Waals surface area contributed by atoms with Crippen LogP contribution < -0.4 is 0 Å². The molecule has 1 unspecified atom stereocenters. The molecular formula is C8H18OS2. The van der Waals surface area contributed by atoms with Gasteiger partial charge in [0.25, 0.3) is 0 Å². The van der Waals surface area contributed by atoms with Crippen molar-refractivity contribution in [3.63, 3.8) is 0 Å². The summed E-state index contributed by atoms with van der Waals surface area (Å²) in [7, 11) is -0.583. The molecule has 11 heavy (non-hydrogen) atoms. The van der Waals surface area contributed by atoms with Gasteiger partial charge in [0.05, 0.1) is 0 Å². The molecule has 0 heterocycles. The van der Waals surface area contributed by atoms with Crippen LogP contribution in [-0.4, -0.2) is 26.2 Å². The topological polar surface area (TPSA) is 17.1 Å². The molecule has 0 saturated carbocycles. The second kappa shape index (κ2) is 5.20. The molecule has 0 aromatic heterocycles. The van der Waals surface area contributed by atoms with Crippen molar-refractivity contribution in [1.29, 1.82) is 0 Å². The van der Waals surface area contributed by atoms with Crippen LogP contribution in [0.25, 0.3) is 0 Å². The van der Waals surface area contributed by atoms with E-state index in [1.54, 1.807) is 0 Å². The van der Waals surface area contributed by atoms with Crippen molar-refractivity contribution >= 4 is 22.6 Å². The van der Waals surface area contributed by atoms with Crippen LogP contribution in [0.15, 0.2) is 0 Å². The van der Waals surface area contributed by atoms with Crippen LogP contribution in [0.3, 0.4) is 0 Å². The van der Waals surface area contributed by atoms with Crippen molar-refractivity contribution in [3.05, 3.63) is 0 Å². The lowest BCUT2D eigenvalue weighted by molar-refractivity contribution is 0.684. The number of hydrogen-bond donors (Lipinski definition) is 0. The number of hydrogen-bond acceptors (Lipinski definition) is 2. The van der Waals surface area contributed by atoms with Crippen molar-refractivity contribution in [1.82, 2.24) is 0 Å². The maximum atomic E-state index is 11.0. The van der Waals surface area contributed by atoms with Crippen molar-refractivity contribution < 1.29 is 4.21 Å². The lowest BCUT2D eigenvalue weighted by Crippen LogP contribution is -2.11. The highest BCUT2D eigenvalue weighted by Gasteiger charge is 2.10. The van der Waals surface area contributed by atoms with Crippen molar-refractivity contribution in [2.45, 2.75) is 32.4 Å². The molecule has 0 aromatic carbocycles. The van der Waals surface area contributed by atoms with Gasteiger partial charge in [0.15, 0.2) is 0 Å². The van der Waals surface area contributed by atoms with E-state index in [1.807, 2.05) is 18.7 Å². The molecule has 3 heteroatoms. The summed E-state index contributed by atoms with van der Waals surface area (Å²) in [6.07, 6.45) is 0. The van der Waals surface area contributed by atoms with Gasteiger partial charge in [-0.25, -0.2) is 0 Å². The van der Waals surface area contributed by atoms with E-state index >= 15 is 0 Å². The molecule has 0 radical (unpaired) electrons. The van der Waals surface area contributed by atoms with Crippen molar-refractivity contribution in [3.8, 4) is 0 Å². The molecule has 0 spiro atoms. The Kier molecular flexibility index (Phi) is 5.44. The Bertz CT molecular complexity index is 127. The van der Waals surface area contributed by atoms with Gasteiger partial charge in [0.2, 0.25) is 0 Å². The highest BCUT2D eigenvalue weighted by atomic mass is 32.2. The average Bonchev–Trinajstić information content (AvgIpc) is 1.85. The summed E-state index contributed by atoms with van der Waals surface area (Å²) in [6.45, 7) is 8.53. The van der Waals surface area contributed by atoms with Gasteiger partial charge in [-0.15, -0.1) is 0 Å². The molecule has 0 amide bonds. The zero-order valence-electron chi connectivity index (χ0n) is 7.85. The van der Waals surface area contributed by atoms with Crippen LogP contribution >= 0.6 is 11.8 Å². The molecular weight excluding hydrogens is 176 g/mol. The molecule has 0 bridgehead atoms. The lowest BCUT2D eigenvalue weighted by atomic mass is 10.3. The second-order valence-electron chi connectivity index (χ2n) is 3.39. The van der Waals surface area contributed by atoms with E-state index < -0.39 is 10.8 Å². The molecule has 0 fully saturated rings. The van der Waals surface area contributed by atoms with E-state index in [9.17, 15) is 4.21 Å². The minimum Gasteiger partial charge on any atom is -0.260 e. The molecule has 0 rings (SSSR count). The van der Waals surface area contributed by atoms with Gasteiger partial charge in [-0.3, -0.25) is 4.21 Å². The number of rotatable bonds is 4. The fourth-order valence-electron chi connectivity index (χ4n) is 0.585. The van der Waals surface area contributed by atoms with Crippen LogP contribution in [0, 0.1) is 0 Å². The maximum absolute atomic E-state index is 11.0. The molecule has 0 aliphatic heterocycles. The highest BCUT2D eigenvalue weighted by Crippen LogP contribution is 2.22. The van der Waals surface area contributed by atoms with E-state index in [-0.39, 0.29) is 0 Å². The Morgan fingerprint density at radius 3 is 2.27 bits per heavy atom. The predicted octanol–water partition coefficient (Wildman–Crippen LogP) is 2.29. The normalized spacial score (nSPS) is 14.9. The standard InChI is InChI=1S/C8H18OS2/c1-5-11(9)7-6-10-8(2,3)4/h5-7H2,1-4H3. The Labute approximate surface area is 76.8 Å². The van der Waals surface area contributed by atoms with Gasteiger partial charge in [-0.2, -0.15) is 11.8 Å². The van der Waals surface area contributed by atoms with Crippen LogP contribution in [0.1, 0.15) is 27.7 Å². The second-order valence-corrected chi connectivity index (χ2v) is 7.18. The SMILES string of the molecule is CCS(=O)CCSC(C)(C)C. The fourth-order valence-corrected chi connectivity index (χ4v) is 2.56. The molecule has 68 valence electrons. The third-order valence-electron chi connectivity index (χ3n) is 1.17. The van der Waals surface area contributed by atoms with E-state index in [0.29, 0.717) is 4.75 Å². The summed E-state index contributed by atoms with van der Waals surface area (Å²) in [5, 5.41) is 0. The molecule has 0 aliphatic rings. The monoisotopic (exact) mass is 194 g/mol. The molecule has 1 nitrogen and oxygen atoms in total. The Morgan fingerprint density at radius 2 is 1.91 bits per heavy atom. The van der Waals surface area contributed by atoms with Gasteiger partial charge >= 0.3 is 0 Å². The van der Waals surface area contributed by atoms with Crippen molar-refractivity contribution in [2.24, 2.45) is 0 Å². The van der Waals surface area contributed by atoms with Gasteiger partial charge in [0.1, 0.15) is 0 Å². The van der Waals surface area contributed by atoms with E-state index in [1.165, 1.54) is 0 Å². The quantitative estimate of drug-likeness (QED) is 0.683. The summed E-state index contributed by atoms with van der Waals surface area (Å²) >= 11 is 1.88. The molecule has 0 aliphatic carbocycles. The van der Waals surface area contributed by atoms with Crippen LogP contribution in [0.5, 0.6) is 0 Å². The predicted molar refractivity (Wildman–Crippen MR) is 55.8 cm³/mol. The van der Waals surface area contributed by atoms with E-state index in [0.717, 1.165) is 17.3 Å². The molecule has 1 atom stereocenters. The van der Waals surface area contributed by atoms with Crippen LogP contribution in [0.2, 0.25) is 0 Å². The molecule has 0 N–H and O–H groups in total. The van der Waals surface area contributed by atoms with Crippen LogP contribution in [0.4, 0.5) is 0 Å². The smallest absolute Gasteiger partial charge is 0.0325 e. The average molecular weight is 194 g/mol. The van der Waals surface area contributed by atoms with E-state index in [4.69, 9.17) is 0 Å². The molecule has 0 aromatic rings. The Morgan fingerprint density at radius 1 is 1.36 bits per heavy atom. The first-order valence-corrected chi connectivity index (χ1v) is 6.42. The van der Waals surface area contributed by atoms with Gasteiger partial charge in [-0.1, -0.05) is 27.7 Å². The first-order chi connectivity index (χ1) is 4.95. The zero-order valence-corrected chi connectivity index (χ0v) is 9.48. The largest absolute Gasteiger partial charge is 0.260 e. The first kappa shape index (κ1) is 11.5. The first-order valence-electron chi connectivity index (χ1n) is 3.94. The number of thioether (sulfide) groups is 1. The Hall–Kier alpha value is 0.500. The summed E-state index contributed by atoms with van der Waals surface area (Å²) in [6, 6.07) is 0. The van der Waals surface area contributed by atoms with Gasteiger partial charge in [0, 0.05) is 32.8 Å². The Balaban J connectivity index is 3.35. The summed E-state index contributed by atoms with van der Waals surface area (Å²) in [5.74, 6) is 2.66.